The highest BCUT2D eigenvalue weighted by Crippen LogP contribution is 2.14. The molecular formula is C20H28IN3O2. The van der Waals surface area contributed by atoms with Crippen molar-refractivity contribution in [2.45, 2.75) is 26.5 Å². The first-order chi connectivity index (χ1) is 12.1. The van der Waals surface area contributed by atoms with Gasteiger partial charge in [-0.3, -0.25) is 4.99 Å². The van der Waals surface area contributed by atoms with E-state index >= 15 is 0 Å². The second kappa shape index (κ2) is 11.6. The Morgan fingerprint density at radius 1 is 1.08 bits per heavy atom. The number of benzene rings is 2. The van der Waals surface area contributed by atoms with Gasteiger partial charge < -0.3 is 20.1 Å². The highest BCUT2D eigenvalue weighted by atomic mass is 127. The lowest BCUT2D eigenvalue weighted by Crippen LogP contribution is -2.41. The van der Waals surface area contributed by atoms with Crippen LogP contribution in [0, 0.1) is 6.92 Å². The summed E-state index contributed by atoms with van der Waals surface area (Å²) in [6.07, 6.45) is 0.0252. The Kier molecular flexibility index (Phi) is 9.87. The Morgan fingerprint density at radius 3 is 2.50 bits per heavy atom. The fourth-order valence-electron chi connectivity index (χ4n) is 2.39. The molecule has 0 saturated heterocycles. The molecule has 142 valence electrons. The van der Waals surface area contributed by atoms with E-state index in [1.54, 1.807) is 14.2 Å². The van der Waals surface area contributed by atoms with E-state index in [-0.39, 0.29) is 30.1 Å². The molecule has 2 aromatic rings. The minimum absolute atomic E-state index is 0. The van der Waals surface area contributed by atoms with Gasteiger partial charge in [0.2, 0.25) is 0 Å². The minimum atomic E-state index is 0. The van der Waals surface area contributed by atoms with Gasteiger partial charge >= 0.3 is 0 Å². The summed E-state index contributed by atoms with van der Waals surface area (Å²) in [5, 5.41) is 6.58. The predicted octanol–water partition coefficient (Wildman–Crippen LogP) is 3.75. The van der Waals surface area contributed by atoms with Crippen LogP contribution < -0.4 is 20.1 Å². The second-order valence-corrected chi connectivity index (χ2v) is 5.90. The Morgan fingerprint density at radius 2 is 1.81 bits per heavy atom. The van der Waals surface area contributed by atoms with Crippen molar-refractivity contribution < 1.29 is 9.47 Å². The molecule has 1 unspecified atom stereocenters. The first-order valence-electron chi connectivity index (χ1n) is 8.41. The quantitative estimate of drug-likeness (QED) is 0.369. The molecule has 2 N–H and O–H groups in total. The summed E-state index contributed by atoms with van der Waals surface area (Å²) in [4.78, 5) is 4.25. The molecule has 0 radical (unpaired) electrons. The first-order valence-corrected chi connectivity index (χ1v) is 8.41. The maximum absolute atomic E-state index is 5.92. The van der Waals surface area contributed by atoms with Gasteiger partial charge in [0.25, 0.3) is 0 Å². The largest absolute Gasteiger partial charge is 0.497 e. The van der Waals surface area contributed by atoms with Crippen molar-refractivity contribution in [2.24, 2.45) is 4.99 Å². The number of nitrogens with one attached hydrogen (secondary N) is 2. The van der Waals surface area contributed by atoms with Crippen molar-refractivity contribution in [3.8, 4) is 11.5 Å². The average Bonchev–Trinajstić information content (AvgIpc) is 2.62. The van der Waals surface area contributed by atoms with E-state index in [2.05, 4.69) is 28.6 Å². The van der Waals surface area contributed by atoms with Gasteiger partial charge in [-0.05, 0) is 49.2 Å². The third-order valence-electron chi connectivity index (χ3n) is 3.70. The minimum Gasteiger partial charge on any atom is -0.497 e. The molecule has 6 heteroatoms. The van der Waals surface area contributed by atoms with Crippen molar-refractivity contribution in [2.75, 3.05) is 20.7 Å². The number of hydrogen-bond donors (Lipinski definition) is 2. The Balaban J connectivity index is 0.00000338. The van der Waals surface area contributed by atoms with Crippen molar-refractivity contribution in [3.05, 3.63) is 59.7 Å². The molecule has 0 aromatic heterocycles. The highest BCUT2D eigenvalue weighted by molar-refractivity contribution is 14.0. The van der Waals surface area contributed by atoms with Gasteiger partial charge in [-0.15, -0.1) is 24.0 Å². The molecule has 0 heterocycles. The molecule has 2 rings (SSSR count). The topological polar surface area (TPSA) is 54.9 Å². The highest BCUT2D eigenvalue weighted by Gasteiger charge is 2.06. The number of nitrogens with zero attached hydrogens (tertiary/aromatic N) is 1. The number of aliphatic imine (C=N–C) groups is 1. The zero-order chi connectivity index (χ0) is 18.1. The molecule has 0 spiro atoms. The van der Waals surface area contributed by atoms with Gasteiger partial charge in [0, 0.05) is 13.6 Å². The molecule has 0 saturated carbocycles. The fraction of sp³-hybridized carbons (Fsp3) is 0.350. The van der Waals surface area contributed by atoms with Crippen molar-refractivity contribution >= 4 is 29.9 Å². The van der Waals surface area contributed by atoms with Gasteiger partial charge in [0.1, 0.15) is 17.6 Å². The van der Waals surface area contributed by atoms with Crippen LogP contribution in [0.1, 0.15) is 18.1 Å². The van der Waals surface area contributed by atoms with Gasteiger partial charge in [-0.2, -0.15) is 0 Å². The van der Waals surface area contributed by atoms with Crippen LogP contribution in [0.5, 0.6) is 11.5 Å². The summed E-state index contributed by atoms with van der Waals surface area (Å²) in [6.45, 7) is 5.42. The number of rotatable bonds is 7. The van der Waals surface area contributed by atoms with E-state index in [1.807, 2.05) is 49.4 Å². The lowest BCUT2D eigenvalue weighted by atomic mass is 10.2. The Hall–Kier alpha value is -1.96. The van der Waals surface area contributed by atoms with Gasteiger partial charge in [-0.1, -0.05) is 24.3 Å². The van der Waals surface area contributed by atoms with E-state index in [4.69, 9.17) is 9.47 Å². The Bertz CT molecular complexity index is 707. The molecule has 0 amide bonds. The molecule has 0 bridgehead atoms. The number of guanidine groups is 1. The first kappa shape index (κ1) is 22.1. The van der Waals surface area contributed by atoms with E-state index in [1.165, 1.54) is 5.56 Å². The number of aryl methyl sites for hydroxylation is 1. The third kappa shape index (κ3) is 7.51. The molecule has 1 atom stereocenters. The van der Waals surface area contributed by atoms with Crippen LogP contribution in [-0.4, -0.2) is 32.8 Å². The zero-order valence-corrected chi connectivity index (χ0v) is 18.1. The van der Waals surface area contributed by atoms with Crippen LogP contribution in [0.25, 0.3) is 0 Å². The molecule has 2 aromatic carbocycles. The van der Waals surface area contributed by atoms with Crippen molar-refractivity contribution in [1.29, 1.82) is 0 Å². The van der Waals surface area contributed by atoms with Gasteiger partial charge in [0.05, 0.1) is 13.7 Å². The summed E-state index contributed by atoms with van der Waals surface area (Å²) in [5.74, 6) is 2.47. The molecule has 0 fully saturated rings. The summed E-state index contributed by atoms with van der Waals surface area (Å²) in [5.41, 5.74) is 2.32. The van der Waals surface area contributed by atoms with E-state index in [0.29, 0.717) is 13.1 Å². The summed E-state index contributed by atoms with van der Waals surface area (Å²) < 4.78 is 11.2. The van der Waals surface area contributed by atoms with Crippen LogP contribution in [0.3, 0.4) is 0 Å². The van der Waals surface area contributed by atoms with Crippen molar-refractivity contribution in [1.82, 2.24) is 10.6 Å². The van der Waals surface area contributed by atoms with Crippen LogP contribution >= 0.6 is 24.0 Å². The monoisotopic (exact) mass is 469 g/mol. The average molecular weight is 469 g/mol. The Labute approximate surface area is 173 Å². The van der Waals surface area contributed by atoms with Gasteiger partial charge in [-0.25, -0.2) is 0 Å². The molecule has 5 nitrogen and oxygen atoms in total. The predicted molar refractivity (Wildman–Crippen MR) is 118 cm³/mol. The standard InChI is InChI=1S/C20H27N3O2.HI/c1-15-7-5-10-19(11-15)25-16(2)13-22-20(21-3)23-14-17-8-6-9-18(12-17)24-4;/h5-12,16H,13-14H2,1-4H3,(H2,21,22,23);1H. The number of methoxy groups -OCH3 is 1. The fourth-order valence-corrected chi connectivity index (χ4v) is 2.39. The summed E-state index contributed by atoms with van der Waals surface area (Å²) in [7, 11) is 3.43. The molecule has 0 aliphatic rings. The number of ether oxygens (including phenoxy) is 2. The van der Waals surface area contributed by atoms with E-state index < -0.39 is 0 Å². The lowest BCUT2D eigenvalue weighted by Gasteiger charge is -2.18. The molecule has 26 heavy (non-hydrogen) atoms. The smallest absolute Gasteiger partial charge is 0.191 e. The number of hydrogen-bond acceptors (Lipinski definition) is 3. The molecule has 0 aliphatic carbocycles. The molecule has 0 aliphatic heterocycles. The maximum Gasteiger partial charge on any atom is 0.191 e. The van der Waals surface area contributed by atoms with Crippen LogP contribution in [0.4, 0.5) is 0 Å². The van der Waals surface area contributed by atoms with Crippen LogP contribution in [0.15, 0.2) is 53.5 Å². The summed E-state index contributed by atoms with van der Waals surface area (Å²) >= 11 is 0. The number of halogens is 1. The van der Waals surface area contributed by atoms with E-state index in [0.717, 1.165) is 23.0 Å². The lowest BCUT2D eigenvalue weighted by molar-refractivity contribution is 0.223. The van der Waals surface area contributed by atoms with Crippen molar-refractivity contribution in [3.63, 3.8) is 0 Å². The summed E-state index contributed by atoms with van der Waals surface area (Å²) in [6, 6.07) is 16.0. The normalized spacial score (nSPS) is 11.9. The van der Waals surface area contributed by atoms with Crippen LogP contribution in [0.2, 0.25) is 0 Å². The zero-order valence-electron chi connectivity index (χ0n) is 15.8. The SMILES string of the molecule is CN=C(NCc1cccc(OC)c1)NCC(C)Oc1cccc(C)c1.I. The molecular weight excluding hydrogens is 441 g/mol. The second-order valence-electron chi connectivity index (χ2n) is 5.90. The van der Waals surface area contributed by atoms with Gasteiger partial charge in [0.15, 0.2) is 5.96 Å². The van der Waals surface area contributed by atoms with Crippen LogP contribution in [-0.2, 0) is 6.54 Å². The van der Waals surface area contributed by atoms with E-state index in [9.17, 15) is 0 Å². The third-order valence-corrected chi connectivity index (χ3v) is 3.70. The maximum atomic E-state index is 5.92.